The number of amides is 2. The third-order valence-corrected chi connectivity index (χ3v) is 8.34. The first-order valence-corrected chi connectivity index (χ1v) is 14.5. The monoisotopic (exact) mass is 611 g/mol. The predicted octanol–water partition coefficient (Wildman–Crippen LogP) is -0.158. The summed E-state index contributed by atoms with van der Waals surface area (Å²) in [6.45, 7) is 4.50. The van der Waals surface area contributed by atoms with E-state index in [4.69, 9.17) is 15.3 Å². The molecule has 1 fully saturated rings. The van der Waals surface area contributed by atoms with Gasteiger partial charge in [-0.05, 0) is 36.8 Å². The number of thiazole rings is 1. The number of nitrogens with one attached hydrogen (secondary N) is 1. The van der Waals surface area contributed by atoms with Crippen LogP contribution in [0.1, 0.15) is 26.5 Å². The van der Waals surface area contributed by atoms with Crippen molar-refractivity contribution in [2.75, 3.05) is 23.8 Å². The van der Waals surface area contributed by atoms with Crippen LogP contribution in [0.5, 0.6) is 0 Å². The third kappa shape index (κ3) is 6.53. The van der Waals surface area contributed by atoms with E-state index < -0.39 is 47.4 Å². The number of hydrogen-bond donors (Lipinski definition) is 3. The lowest BCUT2D eigenvalue weighted by Gasteiger charge is -2.49. The molecule has 0 radical (unpaired) electrons. The molecular formula is C21H25N9O7S3. The largest absolute Gasteiger partial charge is 0.477 e. The van der Waals surface area contributed by atoms with Crippen molar-refractivity contribution >= 4 is 69.5 Å². The number of carboxylic acids is 1. The minimum Gasteiger partial charge on any atom is -0.477 e. The predicted molar refractivity (Wildman–Crippen MR) is 144 cm³/mol. The molecule has 2 unspecified atom stereocenters. The zero-order chi connectivity index (χ0) is 29.2. The molecular weight excluding hydrogens is 586 g/mol. The zero-order valence-corrected chi connectivity index (χ0v) is 24.1. The number of aliphatic carboxylic acids is 1. The number of nitrogens with two attached hydrogens (primary N) is 1. The van der Waals surface area contributed by atoms with E-state index in [0.29, 0.717) is 16.5 Å². The second-order valence-corrected chi connectivity index (χ2v) is 12.3. The van der Waals surface area contributed by atoms with Gasteiger partial charge in [-0.3, -0.25) is 14.5 Å². The van der Waals surface area contributed by atoms with E-state index in [0.717, 1.165) is 16.2 Å². The summed E-state index contributed by atoms with van der Waals surface area (Å²) in [7, 11) is 1.66. The number of carbonyl (C=O) groups is 4. The Morgan fingerprint density at radius 2 is 2.10 bits per heavy atom. The van der Waals surface area contributed by atoms with Gasteiger partial charge in [-0.2, -0.15) is 0 Å². The van der Waals surface area contributed by atoms with Gasteiger partial charge in [0.1, 0.15) is 28.4 Å². The van der Waals surface area contributed by atoms with Gasteiger partial charge in [0.25, 0.3) is 11.8 Å². The maximum atomic E-state index is 13.2. The molecule has 0 aliphatic carbocycles. The van der Waals surface area contributed by atoms with Crippen molar-refractivity contribution in [1.82, 2.24) is 35.4 Å². The van der Waals surface area contributed by atoms with Crippen molar-refractivity contribution in [1.29, 1.82) is 0 Å². The molecule has 0 spiro atoms. The Balaban J connectivity index is 1.46. The maximum absolute atomic E-state index is 13.2. The van der Waals surface area contributed by atoms with Gasteiger partial charge in [0.2, 0.25) is 11.8 Å². The van der Waals surface area contributed by atoms with E-state index >= 15 is 0 Å². The van der Waals surface area contributed by atoms with Gasteiger partial charge < -0.3 is 25.7 Å². The molecule has 0 bridgehead atoms. The molecule has 0 saturated carbocycles. The van der Waals surface area contributed by atoms with E-state index in [2.05, 4.69) is 31.0 Å². The van der Waals surface area contributed by atoms with Gasteiger partial charge in [0, 0.05) is 23.9 Å². The molecule has 2 aromatic heterocycles. The molecule has 214 valence electrons. The van der Waals surface area contributed by atoms with E-state index in [-0.39, 0.29) is 28.0 Å². The fourth-order valence-corrected chi connectivity index (χ4v) is 6.50. The fraction of sp³-hybridized carbons (Fsp3) is 0.476. The van der Waals surface area contributed by atoms with Crippen LogP contribution in [-0.2, 0) is 35.8 Å². The van der Waals surface area contributed by atoms with Gasteiger partial charge in [-0.25, -0.2) is 19.3 Å². The lowest BCUT2D eigenvalue weighted by Crippen LogP contribution is -2.71. The van der Waals surface area contributed by atoms with Crippen molar-refractivity contribution in [2.24, 2.45) is 12.2 Å². The van der Waals surface area contributed by atoms with E-state index in [1.54, 1.807) is 27.8 Å². The number of nitrogen functional groups attached to an aromatic ring is 1. The second kappa shape index (κ2) is 11.8. The molecule has 2 aliphatic rings. The Bertz CT molecular complexity index is 1400. The summed E-state index contributed by atoms with van der Waals surface area (Å²) in [5, 5.41) is 28.9. The highest BCUT2D eigenvalue weighted by atomic mass is 32.2. The first-order chi connectivity index (χ1) is 18.9. The Labute approximate surface area is 239 Å². The molecule has 1 saturated heterocycles. The number of hydrogen-bond acceptors (Lipinski definition) is 15. The van der Waals surface area contributed by atoms with Gasteiger partial charge in [-0.1, -0.05) is 16.9 Å². The second-order valence-electron chi connectivity index (χ2n) is 9.36. The molecule has 16 nitrogen and oxygen atoms in total. The Hall–Kier alpha value is -3.71. The van der Waals surface area contributed by atoms with Crippen LogP contribution in [0.3, 0.4) is 0 Å². The number of esters is 1. The summed E-state index contributed by atoms with van der Waals surface area (Å²) in [4.78, 5) is 60.6. The number of carbonyl (C=O) groups excluding carboxylic acids is 3. The minimum absolute atomic E-state index is 0.0767. The van der Waals surface area contributed by atoms with Crippen LogP contribution in [0.2, 0.25) is 0 Å². The van der Waals surface area contributed by atoms with Crippen LogP contribution in [-0.4, -0.2) is 99.8 Å². The van der Waals surface area contributed by atoms with Crippen molar-refractivity contribution in [3.63, 3.8) is 0 Å². The topological polar surface area (TPSA) is 217 Å². The van der Waals surface area contributed by atoms with Crippen LogP contribution in [0.4, 0.5) is 5.13 Å². The van der Waals surface area contributed by atoms with Crippen LogP contribution in [0, 0.1) is 0 Å². The molecule has 0 aromatic carbocycles. The summed E-state index contributed by atoms with van der Waals surface area (Å²) in [5.74, 6) is -2.81. The molecule has 2 aliphatic heterocycles. The van der Waals surface area contributed by atoms with E-state index in [1.165, 1.54) is 33.6 Å². The standard InChI is InChI=1S/C21H25N9O7S3/c1-21(2,3)37-11(31)5-36-26-12(10-8-39-19(22)23-10)15(32)24-13-16(33)30-14(18(34)35)9(6-38-17(13)30)7-40-20-25-27-28-29(20)4/h8,13,17H,5-7H2,1-4H3,(H2,22,23)(H,24,32)(H,34,35)/b26-12-. The molecule has 40 heavy (non-hydrogen) atoms. The molecule has 4 rings (SSSR count). The SMILES string of the molecule is Cn1nnnc1SCC1=C(C(=O)O)N2C(=O)C(NC(=O)/C(=N\OCC(=O)OC(C)(C)C)c3csc(N)n3)C2SC1. The maximum Gasteiger partial charge on any atom is 0.352 e. The number of nitrogens with zero attached hydrogens (tertiary/aromatic N) is 7. The number of fused-ring (bicyclic) bond motifs is 1. The average Bonchev–Trinajstić information content (AvgIpc) is 3.49. The lowest BCUT2D eigenvalue weighted by molar-refractivity contribution is -0.160. The number of thioether (sulfide) groups is 2. The normalized spacial score (nSPS) is 19.1. The third-order valence-electron chi connectivity index (χ3n) is 5.23. The van der Waals surface area contributed by atoms with Crippen LogP contribution < -0.4 is 11.1 Å². The highest BCUT2D eigenvalue weighted by molar-refractivity contribution is 8.01. The van der Waals surface area contributed by atoms with Gasteiger partial charge >= 0.3 is 11.9 Å². The highest BCUT2D eigenvalue weighted by Crippen LogP contribution is 2.41. The number of ether oxygens (including phenoxy) is 1. The number of tetrazole rings is 1. The smallest absolute Gasteiger partial charge is 0.352 e. The van der Waals surface area contributed by atoms with Crippen molar-refractivity contribution in [3.05, 3.63) is 22.3 Å². The summed E-state index contributed by atoms with van der Waals surface area (Å²) in [6.07, 6.45) is 0. The number of oxime groups is 1. The Morgan fingerprint density at radius 1 is 1.35 bits per heavy atom. The Kier molecular flexibility index (Phi) is 8.64. The van der Waals surface area contributed by atoms with E-state index in [9.17, 15) is 24.3 Å². The molecule has 2 amide bonds. The number of rotatable bonds is 10. The summed E-state index contributed by atoms with van der Waals surface area (Å²) in [6, 6.07) is -1.03. The van der Waals surface area contributed by atoms with Crippen LogP contribution in [0.25, 0.3) is 0 Å². The lowest BCUT2D eigenvalue weighted by atomic mass is 10.0. The molecule has 4 heterocycles. The summed E-state index contributed by atoms with van der Waals surface area (Å²) < 4.78 is 6.61. The average molecular weight is 612 g/mol. The molecule has 2 aromatic rings. The molecule has 2 atom stereocenters. The quantitative estimate of drug-likeness (QED) is 0.105. The van der Waals surface area contributed by atoms with Crippen molar-refractivity contribution < 1.29 is 33.9 Å². The summed E-state index contributed by atoms with van der Waals surface area (Å²) in [5.41, 5.74) is 5.11. The van der Waals surface area contributed by atoms with Gasteiger partial charge in [0.15, 0.2) is 10.8 Å². The number of anilines is 1. The highest BCUT2D eigenvalue weighted by Gasteiger charge is 2.54. The van der Waals surface area contributed by atoms with Gasteiger partial charge in [-0.15, -0.1) is 28.2 Å². The fourth-order valence-electron chi connectivity index (χ4n) is 3.62. The molecule has 4 N–H and O–H groups in total. The first kappa shape index (κ1) is 29.3. The molecule has 19 heteroatoms. The number of carboxylic acid groups (broad SMARTS) is 1. The first-order valence-electron chi connectivity index (χ1n) is 11.5. The Morgan fingerprint density at radius 3 is 2.70 bits per heavy atom. The zero-order valence-electron chi connectivity index (χ0n) is 21.7. The van der Waals surface area contributed by atoms with Gasteiger partial charge in [0.05, 0.1) is 0 Å². The number of β-lactam (4-membered cyclic amide) rings is 1. The van der Waals surface area contributed by atoms with E-state index in [1.807, 2.05) is 0 Å². The summed E-state index contributed by atoms with van der Waals surface area (Å²) >= 11 is 3.61. The number of aryl methyl sites for hydroxylation is 1. The minimum atomic E-state index is -1.26. The van der Waals surface area contributed by atoms with Crippen molar-refractivity contribution in [3.8, 4) is 0 Å². The number of aromatic nitrogens is 5. The van der Waals surface area contributed by atoms with Crippen molar-refractivity contribution in [2.45, 2.75) is 42.9 Å². The van der Waals surface area contributed by atoms with Crippen LogP contribution in [0.15, 0.2) is 27.0 Å². The van der Waals surface area contributed by atoms with Crippen LogP contribution >= 0.6 is 34.9 Å².